The first kappa shape index (κ1) is 21.4. The van der Waals surface area contributed by atoms with Crippen LogP contribution in [0.2, 0.25) is 0 Å². The van der Waals surface area contributed by atoms with Gasteiger partial charge < -0.3 is 19.1 Å². The molecule has 0 spiro atoms. The predicted molar refractivity (Wildman–Crippen MR) is 119 cm³/mol. The van der Waals surface area contributed by atoms with Gasteiger partial charge in [0.2, 0.25) is 0 Å². The van der Waals surface area contributed by atoms with Gasteiger partial charge in [0.05, 0.1) is 11.5 Å². The standard InChI is InChI=1S/C23H32N6O2/c1-16-14-27(22(30)31-23(2,3)4)10-11-28(16)20-19-8-9-29(21(19)26-15-25-20)18-7-5-6-17(12-18)13-24/h8-9,15-18H,5-7,10-12,14H2,1-4H3/t16-,17+,18-/m0/s1. The van der Waals surface area contributed by atoms with Crippen molar-refractivity contribution in [3.63, 3.8) is 0 Å². The molecule has 0 radical (unpaired) electrons. The van der Waals surface area contributed by atoms with E-state index >= 15 is 0 Å². The molecule has 1 aliphatic heterocycles. The number of hydrogen-bond donors (Lipinski definition) is 0. The summed E-state index contributed by atoms with van der Waals surface area (Å²) in [7, 11) is 0. The molecule has 31 heavy (non-hydrogen) atoms. The van der Waals surface area contributed by atoms with E-state index in [0.717, 1.165) is 42.5 Å². The first-order valence-electron chi connectivity index (χ1n) is 11.2. The van der Waals surface area contributed by atoms with Crippen molar-refractivity contribution in [1.82, 2.24) is 19.4 Å². The lowest BCUT2D eigenvalue weighted by atomic mass is 9.86. The zero-order valence-electron chi connectivity index (χ0n) is 18.9. The largest absolute Gasteiger partial charge is 0.444 e. The molecule has 1 saturated carbocycles. The fraction of sp³-hybridized carbons (Fsp3) is 0.652. The Hall–Kier alpha value is -2.82. The number of piperazine rings is 1. The van der Waals surface area contributed by atoms with Gasteiger partial charge in [0.1, 0.15) is 23.4 Å². The van der Waals surface area contributed by atoms with Crippen LogP contribution in [0, 0.1) is 17.2 Å². The minimum absolute atomic E-state index is 0.111. The normalized spacial score (nSPS) is 24.8. The van der Waals surface area contributed by atoms with Crippen molar-refractivity contribution in [2.24, 2.45) is 5.92 Å². The number of aromatic nitrogens is 3. The Morgan fingerprint density at radius 1 is 1.26 bits per heavy atom. The molecule has 2 aromatic rings. The third-order valence-electron chi connectivity index (χ3n) is 6.26. The number of carbonyl (C=O) groups is 1. The Balaban J connectivity index is 1.54. The van der Waals surface area contributed by atoms with Crippen molar-refractivity contribution in [3.8, 4) is 6.07 Å². The van der Waals surface area contributed by atoms with E-state index in [2.05, 4.69) is 44.7 Å². The molecule has 3 atom stereocenters. The quantitative estimate of drug-likeness (QED) is 0.720. The molecule has 166 valence electrons. The molecule has 1 saturated heterocycles. The predicted octanol–water partition coefficient (Wildman–Crippen LogP) is 4.13. The summed E-state index contributed by atoms with van der Waals surface area (Å²) in [5.41, 5.74) is 0.429. The summed E-state index contributed by atoms with van der Waals surface area (Å²) >= 11 is 0. The Kier molecular flexibility index (Phi) is 5.78. The summed E-state index contributed by atoms with van der Waals surface area (Å²) in [6.07, 6.45) is 7.48. The van der Waals surface area contributed by atoms with Crippen molar-refractivity contribution in [1.29, 1.82) is 5.26 Å². The average molecular weight is 425 g/mol. The van der Waals surface area contributed by atoms with Crippen LogP contribution in [0.5, 0.6) is 0 Å². The number of carbonyl (C=O) groups excluding carboxylic acids is 1. The number of rotatable bonds is 2. The van der Waals surface area contributed by atoms with E-state index in [-0.39, 0.29) is 18.1 Å². The fourth-order valence-electron chi connectivity index (χ4n) is 4.78. The summed E-state index contributed by atoms with van der Waals surface area (Å²) in [6, 6.07) is 4.95. The number of fused-ring (bicyclic) bond motifs is 1. The molecule has 1 aliphatic carbocycles. The zero-order chi connectivity index (χ0) is 22.2. The van der Waals surface area contributed by atoms with Crippen LogP contribution in [0.1, 0.15) is 59.4 Å². The van der Waals surface area contributed by atoms with Crippen molar-refractivity contribution < 1.29 is 9.53 Å². The van der Waals surface area contributed by atoms with Crippen LogP contribution < -0.4 is 4.90 Å². The van der Waals surface area contributed by atoms with E-state index < -0.39 is 5.60 Å². The highest BCUT2D eigenvalue weighted by atomic mass is 16.6. The van der Waals surface area contributed by atoms with Gasteiger partial charge in [0.25, 0.3) is 0 Å². The minimum Gasteiger partial charge on any atom is -0.444 e. The second kappa shape index (κ2) is 8.37. The maximum absolute atomic E-state index is 12.5. The van der Waals surface area contributed by atoms with E-state index in [4.69, 9.17) is 4.74 Å². The molecule has 2 fully saturated rings. The molecule has 4 rings (SSSR count). The summed E-state index contributed by atoms with van der Waals surface area (Å²) < 4.78 is 7.77. The van der Waals surface area contributed by atoms with Crippen LogP contribution in [0.15, 0.2) is 18.6 Å². The molecule has 2 aliphatic rings. The lowest BCUT2D eigenvalue weighted by Crippen LogP contribution is -2.54. The van der Waals surface area contributed by atoms with Gasteiger partial charge in [-0.2, -0.15) is 5.26 Å². The zero-order valence-corrected chi connectivity index (χ0v) is 18.9. The number of ether oxygens (including phenoxy) is 1. The Morgan fingerprint density at radius 3 is 2.77 bits per heavy atom. The fourth-order valence-corrected chi connectivity index (χ4v) is 4.78. The van der Waals surface area contributed by atoms with Gasteiger partial charge in [-0.15, -0.1) is 0 Å². The van der Waals surface area contributed by atoms with E-state index in [0.29, 0.717) is 25.7 Å². The topological polar surface area (TPSA) is 87.3 Å². The average Bonchev–Trinajstić information content (AvgIpc) is 3.17. The van der Waals surface area contributed by atoms with Gasteiger partial charge in [-0.25, -0.2) is 14.8 Å². The number of amides is 1. The monoisotopic (exact) mass is 424 g/mol. The van der Waals surface area contributed by atoms with Gasteiger partial charge in [-0.05, 0) is 53.0 Å². The first-order valence-corrected chi connectivity index (χ1v) is 11.2. The third-order valence-corrected chi connectivity index (χ3v) is 6.26. The van der Waals surface area contributed by atoms with E-state index in [1.165, 1.54) is 0 Å². The highest BCUT2D eigenvalue weighted by molar-refractivity contribution is 5.88. The lowest BCUT2D eigenvalue weighted by Gasteiger charge is -2.41. The van der Waals surface area contributed by atoms with Crippen LogP contribution in [-0.2, 0) is 4.74 Å². The third kappa shape index (κ3) is 4.46. The van der Waals surface area contributed by atoms with E-state index in [9.17, 15) is 10.1 Å². The highest BCUT2D eigenvalue weighted by Crippen LogP contribution is 2.36. The van der Waals surface area contributed by atoms with Crippen molar-refractivity contribution in [2.45, 2.75) is 71.1 Å². The second-order valence-electron chi connectivity index (χ2n) is 9.77. The molecule has 0 N–H and O–H groups in total. The molecule has 3 heterocycles. The summed E-state index contributed by atoms with van der Waals surface area (Å²) in [4.78, 5) is 25.7. The van der Waals surface area contributed by atoms with E-state index in [1.807, 2.05) is 20.8 Å². The smallest absolute Gasteiger partial charge is 0.410 e. The first-order chi connectivity index (χ1) is 14.8. The van der Waals surface area contributed by atoms with Crippen LogP contribution >= 0.6 is 0 Å². The Bertz CT molecular complexity index is 988. The molecule has 8 heteroatoms. The Morgan fingerprint density at radius 2 is 2.06 bits per heavy atom. The summed E-state index contributed by atoms with van der Waals surface area (Å²) in [5, 5.41) is 10.4. The van der Waals surface area contributed by atoms with E-state index in [1.54, 1.807) is 11.2 Å². The molecule has 1 amide bonds. The number of anilines is 1. The van der Waals surface area contributed by atoms with Crippen molar-refractivity contribution in [3.05, 3.63) is 18.6 Å². The summed E-state index contributed by atoms with van der Waals surface area (Å²) in [6.45, 7) is 9.65. The van der Waals surface area contributed by atoms with Gasteiger partial charge in [-0.3, -0.25) is 0 Å². The summed E-state index contributed by atoms with van der Waals surface area (Å²) in [5.74, 6) is 1.03. The lowest BCUT2D eigenvalue weighted by molar-refractivity contribution is 0.0218. The second-order valence-corrected chi connectivity index (χ2v) is 9.77. The molecular weight excluding hydrogens is 392 g/mol. The van der Waals surface area contributed by atoms with Crippen LogP contribution in [0.3, 0.4) is 0 Å². The van der Waals surface area contributed by atoms with Crippen LogP contribution in [-0.4, -0.2) is 56.8 Å². The van der Waals surface area contributed by atoms with Gasteiger partial charge in [0, 0.05) is 43.8 Å². The molecule has 0 unspecified atom stereocenters. The van der Waals surface area contributed by atoms with Gasteiger partial charge in [-0.1, -0.05) is 6.42 Å². The van der Waals surface area contributed by atoms with Crippen LogP contribution in [0.4, 0.5) is 10.6 Å². The van der Waals surface area contributed by atoms with Crippen LogP contribution in [0.25, 0.3) is 11.0 Å². The number of nitrogens with zero attached hydrogens (tertiary/aromatic N) is 6. The number of hydrogen-bond acceptors (Lipinski definition) is 6. The maximum Gasteiger partial charge on any atom is 0.410 e. The molecule has 0 bridgehead atoms. The van der Waals surface area contributed by atoms with Gasteiger partial charge in [0.15, 0.2) is 0 Å². The number of nitriles is 1. The molecule has 2 aromatic heterocycles. The Labute approximate surface area is 183 Å². The van der Waals surface area contributed by atoms with Crippen molar-refractivity contribution >= 4 is 22.9 Å². The molecular formula is C23H32N6O2. The molecule has 8 nitrogen and oxygen atoms in total. The maximum atomic E-state index is 12.5. The van der Waals surface area contributed by atoms with Gasteiger partial charge >= 0.3 is 6.09 Å². The molecule has 0 aromatic carbocycles. The van der Waals surface area contributed by atoms with Crippen molar-refractivity contribution in [2.75, 3.05) is 24.5 Å². The SMILES string of the molecule is C[C@H]1CN(C(=O)OC(C)(C)C)CCN1c1ncnc2c1ccn2[C@H]1CCC[C@@H](C#N)C1. The highest BCUT2D eigenvalue weighted by Gasteiger charge is 2.32. The minimum atomic E-state index is -0.497.